The van der Waals surface area contributed by atoms with Crippen molar-refractivity contribution in [2.75, 3.05) is 6.54 Å². The highest BCUT2D eigenvalue weighted by Crippen LogP contribution is 2.11. The van der Waals surface area contributed by atoms with Crippen molar-refractivity contribution >= 4 is 11.9 Å². The summed E-state index contributed by atoms with van der Waals surface area (Å²) in [4.78, 5) is 26.8. The first-order chi connectivity index (χ1) is 5.61. The molecule has 68 valence electrons. The van der Waals surface area contributed by atoms with Crippen molar-refractivity contribution in [2.45, 2.75) is 26.7 Å². The van der Waals surface area contributed by atoms with Crippen molar-refractivity contribution < 1.29 is 14.4 Å². The second kappa shape index (κ2) is 3.56. The van der Waals surface area contributed by atoms with E-state index in [1.807, 2.05) is 0 Å². The third-order valence-electron chi connectivity index (χ3n) is 1.70. The average molecular weight is 171 g/mol. The van der Waals surface area contributed by atoms with E-state index in [4.69, 9.17) is 4.84 Å². The first-order valence-electron chi connectivity index (χ1n) is 4.13. The molecular formula is C8H13NO3. The second-order valence-electron chi connectivity index (χ2n) is 3.16. The molecule has 1 saturated heterocycles. The molecule has 0 aromatic rings. The molecule has 0 aromatic carbocycles. The van der Waals surface area contributed by atoms with Crippen molar-refractivity contribution in [3.8, 4) is 0 Å². The van der Waals surface area contributed by atoms with Crippen LogP contribution in [-0.4, -0.2) is 23.5 Å². The van der Waals surface area contributed by atoms with Crippen molar-refractivity contribution in [2.24, 2.45) is 5.92 Å². The molecule has 0 aliphatic carbocycles. The minimum atomic E-state index is -0.342. The molecule has 0 aromatic heterocycles. The smallest absolute Gasteiger partial charge is 0.335 e. The van der Waals surface area contributed by atoms with Gasteiger partial charge in [-0.25, -0.2) is 4.79 Å². The molecular weight excluding hydrogens is 158 g/mol. The second-order valence-corrected chi connectivity index (χ2v) is 3.16. The maximum Gasteiger partial charge on any atom is 0.335 e. The van der Waals surface area contributed by atoms with Gasteiger partial charge in [0.05, 0.1) is 12.5 Å². The largest absolute Gasteiger partial charge is 0.338 e. The van der Waals surface area contributed by atoms with E-state index in [0.29, 0.717) is 13.0 Å². The van der Waals surface area contributed by atoms with Crippen LogP contribution in [0, 0.1) is 5.92 Å². The van der Waals surface area contributed by atoms with Crippen molar-refractivity contribution in [3.63, 3.8) is 0 Å². The number of carbonyl (C=O) groups excluding carboxylic acids is 2. The average Bonchev–Trinajstić information content (AvgIpc) is 2.36. The Morgan fingerprint density at radius 2 is 2.25 bits per heavy atom. The number of nitrogens with zero attached hydrogens (tertiary/aromatic N) is 1. The van der Waals surface area contributed by atoms with Crippen LogP contribution < -0.4 is 0 Å². The molecule has 4 nitrogen and oxygen atoms in total. The molecule has 0 radical (unpaired) electrons. The zero-order chi connectivity index (χ0) is 9.14. The van der Waals surface area contributed by atoms with Gasteiger partial charge in [-0.1, -0.05) is 13.8 Å². The van der Waals surface area contributed by atoms with Gasteiger partial charge in [0.15, 0.2) is 0 Å². The van der Waals surface area contributed by atoms with Crippen LogP contribution in [0.1, 0.15) is 26.7 Å². The lowest BCUT2D eigenvalue weighted by Crippen LogP contribution is -2.30. The fourth-order valence-electron chi connectivity index (χ4n) is 0.934. The molecule has 0 unspecified atom stereocenters. The number of amides is 1. The lowest BCUT2D eigenvalue weighted by Gasteiger charge is -2.15. The van der Waals surface area contributed by atoms with Gasteiger partial charge in [-0.2, -0.15) is 5.06 Å². The van der Waals surface area contributed by atoms with Crippen LogP contribution in [0.5, 0.6) is 0 Å². The minimum Gasteiger partial charge on any atom is -0.338 e. The van der Waals surface area contributed by atoms with Crippen LogP contribution in [0.3, 0.4) is 0 Å². The summed E-state index contributed by atoms with van der Waals surface area (Å²) in [6.45, 7) is 4.02. The van der Waals surface area contributed by atoms with Gasteiger partial charge in [0, 0.05) is 6.42 Å². The van der Waals surface area contributed by atoms with E-state index in [-0.39, 0.29) is 17.8 Å². The van der Waals surface area contributed by atoms with Crippen LogP contribution in [0.25, 0.3) is 0 Å². The van der Waals surface area contributed by atoms with Gasteiger partial charge in [-0.3, -0.25) is 4.79 Å². The van der Waals surface area contributed by atoms with Crippen LogP contribution in [0.15, 0.2) is 0 Å². The summed E-state index contributed by atoms with van der Waals surface area (Å²) in [5, 5.41) is 1.16. The Bertz CT molecular complexity index is 200. The standard InChI is InChI=1S/C8H13NO3/c1-6(2)8(11)12-9-5-3-4-7(9)10/h6H,3-5H2,1-2H3. The molecule has 1 aliphatic rings. The first kappa shape index (κ1) is 9.03. The van der Waals surface area contributed by atoms with Gasteiger partial charge in [0.2, 0.25) is 0 Å². The summed E-state index contributed by atoms with van der Waals surface area (Å²) in [7, 11) is 0. The summed E-state index contributed by atoms with van der Waals surface area (Å²) in [6, 6.07) is 0. The molecule has 0 N–H and O–H groups in total. The van der Waals surface area contributed by atoms with Gasteiger partial charge in [0.25, 0.3) is 5.91 Å². The summed E-state index contributed by atoms with van der Waals surface area (Å²) < 4.78 is 0. The normalized spacial score (nSPS) is 17.2. The third-order valence-corrected chi connectivity index (χ3v) is 1.70. The fraction of sp³-hybridized carbons (Fsp3) is 0.750. The highest BCUT2D eigenvalue weighted by Gasteiger charge is 2.24. The van der Waals surface area contributed by atoms with E-state index in [2.05, 4.69) is 0 Å². The molecule has 0 atom stereocenters. The molecule has 1 fully saturated rings. The topological polar surface area (TPSA) is 46.6 Å². The molecule has 0 bridgehead atoms. The van der Waals surface area contributed by atoms with Gasteiger partial charge >= 0.3 is 5.97 Å². The zero-order valence-corrected chi connectivity index (χ0v) is 7.37. The monoisotopic (exact) mass is 171 g/mol. The Hall–Kier alpha value is -1.06. The molecule has 1 rings (SSSR count). The summed E-state index contributed by atoms with van der Waals surface area (Å²) >= 11 is 0. The Morgan fingerprint density at radius 3 is 2.67 bits per heavy atom. The van der Waals surface area contributed by atoms with Crippen LogP contribution >= 0.6 is 0 Å². The summed E-state index contributed by atoms with van der Waals surface area (Å²) in [5.74, 6) is -0.618. The molecule has 1 heterocycles. The van der Waals surface area contributed by atoms with Crippen LogP contribution in [0.4, 0.5) is 0 Å². The molecule has 4 heteroatoms. The van der Waals surface area contributed by atoms with E-state index < -0.39 is 0 Å². The molecule has 1 amide bonds. The quantitative estimate of drug-likeness (QED) is 0.615. The molecule has 0 spiro atoms. The van der Waals surface area contributed by atoms with Gasteiger partial charge < -0.3 is 4.84 Å². The zero-order valence-electron chi connectivity index (χ0n) is 7.37. The minimum absolute atomic E-state index is 0.0935. The van der Waals surface area contributed by atoms with E-state index >= 15 is 0 Å². The lowest BCUT2D eigenvalue weighted by molar-refractivity contribution is -0.195. The van der Waals surface area contributed by atoms with E-state index in [0.717, 1.165) is 11.5 Å². The maximum absolute atomic E-state index is 11.0. The molecule has 0 saturated carbocycles. The SMILES string of the molecule is CC(C)C(=O)ON1CCCC1=O. The fourth-order valence-corrected chi connectivity index (χ4v) is 0.934. The summed E-state index contributed by atoms with van der Waals surface area (Å²) in [5.41, 5.74) is 0. The van der Waals surface area contributed by atoms with Crippen molar-refractivity contribution in [1.82, 2.24) is 5.06 Å². The van der Waals surface area contributed by atoms with Crippen LogP contribution in [0.2, 0.25) is 0 Å². The number of hydrogen-bond acceptors (Lipinski definition) is 3. The van der Waals surface area contributed by atoms with E-state index in [9.17, 15) is 9.59 Å². The van der Waals surface area contributed by atoms with Crippen molar-refractivity contribution in [3.05, 3.63) is 0 Å². The van der Waals surface area contributed by atoms with Gasteiger partial charge in [-0.05, 0) is 6.42 Å². The number of hydroxylamine groups is 2. The predicted octanol–water partition coefficient (Wildman–Crippen LogP) is 0.723. The predicted molar refractivity (Wildman–Crippen MR) is 41.9 cm³/mol. The van der Waals surface area contributed by atoms with E-state index in [1.165, 1.54) is 0 Å². The lowest BCUT2D eigenvalue weighted by atomic mass is 10.2. The highest BCUT2D eigenvalue weighted by molar-refractivity contribution is 5.80. The third kappa shape index (κ3) is 1.96. The Labute approximate surface area is 71.4 Å². The Kier molecular flexibility index (Phi) is 2.68. The Balaban J connectivity index is 2.40. The van der Waals surface area contributed by atoms with Gasteiger partial charge in [-0.15, -0.1) is 0 Å². The number of rotatable bonds is 2. The number of hydrogen-bond donors (Lipinski definition) is 0. The molecule has 12 heavy (non-hydrogen) atoms. The number of carbonyl (C=O) groups is 2. The van der Waals surface area contributed by atoms with Gasteiger partial charge in [0.1, 0.15) is 0 Å². The Morgan fingerprint density at radius 1 is 1.58 bits per heavy atom. The summed E-state index contributed by atoms with van der Waals surface area (Å²) in [6.07, 6.45) is 1.27. The van der Waals surface area contributed by atoms with E-state index in [1.54, 1.807) is 13.8 Å². The first-order valence-corrected chi connectivity index (χ1v) is 4.13. The van der Waals surface area contributed by atoms with Crippen molar-refractivity contribution in [1.29, 1.82) is 0 Å². The highest BCUT2D eigenvalue weighted by atomic mass is 16.7. The maximum atomic E-state index is 11.0. The molecule has 1 aliphatic heterocycles. The van der Waals surface area contributed by atoms with Crippen LogP contribution in [-0.2, 0) is 14.4 Å².